The highest BCUT2D eigenvalue weighted by Crippen LogP contribution is 2.20. The summed E-state index contributed by atoms with van der Waals surface area (Å²) < 4.78 is 13.1. The second-order valence-corrected chi connectivity index (χ2v) is 3.08. The van der Waals surface area contributed by atoms with Crippen molar-refractivity contribution in [2.45, 2.75) is 5.33 Å². The van der Waals surface area contributed by atoms with Crippen LogP contribution in [0.2, 0.25) is 0 Å². The van der Waals surface area contributed by atoms with Crippen LogP contribution in [0, 0.1) is 5.82 Å². The highest BCUT2D eigenvalue weighted by Gasteiger charge is 2.02. The van der Waals surface area contributed by atoms with Gasteiger partial charge in [0.1, 0.15) is 0 Å². The Hall–Kier alpha value is 0.0400. The molecule has 54 valence electrons. The maximum absolute atomic E-state index is 12.6. The molecule has 0 saturated heterocycles. The third-order valence-electron chi connectivity index (χ3n) is 1.05. The Morgan fingerprint density at radius 3 is 2.70 bits per heavy atom. The summed E-state index contributed by atoms with van der Waals surface area (Å²) >= 11 is 6.30. The van der Waals surface area contributed by atoms with E-state index in [0.29, 0.717) is 9.80 Å². The van der Waals surface area contributed by atoms with Crippen LogP contribution in [0.3, 0.4) is 0 Å². The highest BCUT2D eigenvalue weighted by atomic mass is 79.9. The third-order valence-corrected chi connectivity index (χ3v) is 2.55. The Morgan fingerprint density at radius 1 is 1.50 bits per heavy atom. The van der Waals surface area contributed by atoms with Crippen molar-refractivity contribution in [1.82, 2.24) is 4.98 Å². The van der Waals surface area contributed by atoms with E-state index >= 15 is 0 Å². The Morgan fingerprint density at radius 2 is 2.20 bits per heavy atom. The van der Waals surface area contributed by atoms with Crippen molar-refractivity contribution in [1.29, 1.82) is 0 Å². The molecule has 1 aromatic rings. The van der Waals surface area contributed by atoms with Gasteiger partial charge in [-0.3, -0.25) is 4.98 Å². The fourth-order valence-electron chi connectivity index (χ4n) is 0.553. The Bertz CT molecular complexity index is 239. The normalized spacial score (nSPS) is 9.90. The van der Waals surface area contributed by atoms with Gasteiger partial charge in [-0.25, -0.2) is 4.39 Å². The summed E-state index contributed by atoms with van der Waals surface area (Å²) in [5.74, 6) is -0.322. The van der Waals surface area contributed by atoms with Crippen molar-refractivity contribution in [3.8, 4) is 0 Å². The van der Waals surface area contributed by atoms with E-state index in [2.05, 4.69) is 36.8 Å². The van der Waals surface area contributed by atoms with Crippen molar-refractivity contribution in [2.24, 2.45) is 0 Å². The molecule has 0 aliphatic heterocycles. The smallest absolute Gasteiger partial charge is 0.155 e. The first-order chi connectivity index (χ1) is 4.75. The van der Waals surface area contributed by atoms with E-state index in [1.54, 1.807) is 6.20 Å². The van der Waals surface area contributed by atoms with Crippen molar-refractivity contribution < 1.29 is 4.39 Å². The van der Waals surface area contributed by atoms with Crippen LogP contribution in [0.1, 0.15) is 5.56 Å². The number of rotatable bonds is 1. The number of hydrogen-bond donors (Lipinski definition) is 0. The maximum atomic E-state index is 12.6. The molecule has 1 heterocycles. The quantitative estimate of drug-likeness (QED) is 0.714. The lowest BCUT2D eigenvalue weighted by atomic mass is 10.3. The van der Waals surface area contributed by atoms with E-state index < -0.39 is 0 Å². The average molecular weight is 269 g/mol. The molecule has 0 aliphatic rings. The first kappa shape index (κ1) is 8.14. The van der Waals surface area contributed by atoms with Crippen LogP contribution in [0.25, 0.3) is 0 Å². The minimum atomic E-state index is -0.322. The zero-order valence-electron chi connectivity index (χ0n) is 4.94. The van der Waals surface area contributed by atoms with Gasteiger partial charge in [-0.2, -0.15) is 0 Å². The van der Waals surface area contributed by atoms with Crippen LogP contribution in [-0.2, 0) is 5.33 Å². The molecule has 0 saturated carbocycles. The predicted molar refractivity (Wildman–Crippen MR) is 44.5 cm³/mol. The fraction of sp³-hybridized carbons (Fsp3) is 0.167. The van der Waals surface area contributed by atoms with Crippen molar-refractivity contribution in [2.75, 3.05) is 0 Å². The molecule has 0 radical (unpaired) electrons. The maximum Gasteiger partial charge on any atom is 0.155 e. The number of nitrogens with zero attached hydrogens (tertiary/aromatic N) is 1. The summed E-state index contributed by atoms with van der Waals surface area (Å²) in [6.45, 7) is 0. The standard InChI is InChI=1S/C6H4Br2FN/c7-1-4-2-10-3-5(9)6(4)8/h2-3H,1H2. The molecular formula is C6H4Br2FN. The Labute approximate surface area is 74.9 Å². The van der Waals surface area contributed by atoms with Gasteiger partial charge in [0.15, 0.2) is 5.82 Å². The third kappa shape index (κ3) is 1.55. The van der Waals surface area contributed by atoms with Crippen LogP contribution >= 0.6 is 31.9 Å². The molecule has 0 unspecified atom stereocenters. The Balaban J connectivity index is 3.14. The SMILES string of the molecule is Fc1cncc(CBr)c1Br. The largest absolute Gasteiger partial charge is 0.261 e. The summed E-state index contributed by atoms with van der Waals surface area (Å²) in [4.78, 5) is 3.68. The lowest BCUT2D eigenvalue weighted by Crippen LogP contribution is -1.86. The van der Waals surface area contributed by atoms with Crippen molar-refractivity contribution in [3.05, 3.63) is 28.2 Å². The van der Waals surface area contributed by atoms with Crippen LogP contribution in [0.15, 0.2) is 16.9 Å². The number of aromatic nitrogens is 1. The van der Waals surface area contributed by atoms with E-state index in [1.807, 2.05) is 0 Å². The average Bonchev–Trinajstić information content (AvgIpc) is 1.95. The topological polar surface area (TPSA) is 12.9 Å². The molecule has 1 rings (SSSR count). The zero-order valence-corrected chi connectivity index (χ0v) is 8.11. The van der Waals surface area contributed by atoms with E-state index in [9.17, 15) is 4.39 Å². The molecule has 1 nitrogen and oxygen atoms in total. The fourth-order valence-corrected chi connectivity index (χ4v) is 1.70. The van der Waals surface area contributed by atoms with E-state index in [4.69, 9.17) is 0 Å². The van der Waals surface area contributed by atoms with Crippen LogP contribution in [-0.4, -0.2) is 4.98 Å². The van der Waals surface area contributed by atoms with Crippen LogP contribution in [0.4, 0.5) is 4.39 Å². The summed E-state index contributed by atoms with van der Waals surface area (Å²) in [6.07, 6.45) is 2.79. The van der Waals surface area contributed by atoms with Gasteiger partial charge < -0.3 is 0 Å². The molecule has 0 N–H and O–H groups in total. The molecule has 1 aromatic heterocycles. The van der Waals surface area contributed by atoms with Gasteiger partial charge in [0.25, 0.3) is 0 Å². The van der Waals surface area contributed by atoms with Crippen LogP contribution in [0.5, 0.6) is 0 Å². The second kappa shape index (κ2) is 3.44. The molecule has 0 spiro atoms. The molecule has 0 aliphatic carbocycles. The second-order valence-electron chi connectivity index (χ2n) is 1.73. The van der Waals surface area contributed by atoms with Crippen LogP contribution < -0.4 is 0 Å². The zero-order chi connectivity index (χ0) is 7.56. The predicted octanol–water partition coefficient (Wildman–Crippen LogP) is 2.88. The summed E-state index contributed by atoms with van der Waals surface area (Å²) in [6, 6.07) is 0. The van der Waals surface area contributed by atoms with Gasteiger partial charge in [0, 0.05) is 11.5 Å². The lowest BCUT2D eigenvalue weighted by Gasteiger charge is -1.97. The van der Waals surface area contributed by atoms with Gasteiger partial charge in [-0.15, -0.1) is 0 Å². The molecule has 0 fully saturated rings. The molecule has 0 atom stereocenters. The highest BCUT2D eigenvalue weighted by molar-refractivity contribution is 9.10. The summed E-state index contributed by atoms with van der Waals surface area (Å²) in [5.41, 5.74) is 0.819. The first-order valence-electron chi connectivity index (χ1n) is 2.59. The van der Waals surface area contributed by atoms with Gasteiger partial charge >= 0.3 is 0 Å². The molecule has 0 bridgehead atoms. The van der Waals surface area contributed by atoms with Crippen molar-refractivity contribution in [3.63, 3.8) is 0 Å². The number of alkyl halides is 1. The molecule has 10 heavy (non-hydrogen) atoms. The number of hydrogen-bond acceptors (Lipinski definition) is 1. The molecule has 0 amide bonds. The van der Waals surface area contributed by atoms with Gasteiger partial charge in [0.05, 0.1) is 10.7 Å². The molecule has 0 aromatic carbocycles. The molecular weight excluding hydrogens is 265 g/mol. The molecule has 4 heteroatoms. The van der Waals surface area contributed by atoms with Gasteiger partial charge in [-0.1, -0.05) is 15.9 Å². The number of pyridine rings is 1. The van der Waals surface area contributed by atoms with Crippen molar-refractivity contribution >= 4 is 31.9 Å². The van der Waals surface area contributed by atoms with E-state index in [-0.39, 0.29) is 5.82 Å². The van der Waals surface area contributed by atoms with E-state index in [0.717, 1.165) is 5.56 Å². The minimum Gasteiger partial charge on any atom is -0.261 e. The summed E-state index contributed by atoms with van der Waals surface area (Å²) in [7, 11) is 0. The monoisotopic (exact) mass is 267 g/mol. The number of halogens is 3. The minimum absolute atomic E-state index is 0.322. The lowest BCUT2D eigenvalue weighted by molar-refractivity contribution is 0.612. The first-order valence-corrected chi connectivity index (χ1v) is 4.51. The van der Waals surface area contributed by atoms with Gasteiger partial charge in [-0.05, 0) is 21.5 Å². The Kier molecular flexibility index (Phi) is 2.80. The van der Waals surface area contributed by atoms with E-state index in [1.165, 1.54) is 6.20 Å². The summed E-state index contributed by atoms with van der Waals surface area (Å²) in [5, 5.41) is 0.609. The van der Waals surface area contributed by atoms with Gasteiger partial charge in [0.2, 0.25) is 0 Å².